The van der Waals surface area contributed by atoms with Crippen molar-refractivity contribution in [3.63, 3.8) is 0 Å². The summed E-state index contributed by atoms with van der Waals surface area (Å²) in [6, 6.07) is 0. The number of allylic oxidation sites excluding steroid dienone is 1. The summed E-state index contributed by atoms with van der Waals surface area (Å²) in [5.74, 6) is 0. The maximum atomic E-state index is 9.60. The monoisotopic (exact) mass is 163 g/mol. The van der Waals surface area contributed by atoms with Gasteiger partial charge < -0.3 is 10.5 Å². The van der Waals surface area contributed by atoms with Crippen LogP contribution in [0.1, 0.15) is 13.8 Å². The molecule has 0 aromatic heterocycles. The molecule has 1 amide bonds. The Kier molecular flexibility index (Phi) is 13.5. The third-order valence-corrected chi connectivity index (χ3v) is 0.734. The fourth-order valence-electron chi connectivity index (χ4n) is 0.142. The van der Waals surface area contributed by atoms with Crippen LogP contribution in [0, 0.1) is 0 Å². The van der Waals surface area contributed by atoms with Gasteiger partial charge in [-0.05, 0) is 19.3 Å². The minimum absolute atomic E-state index is 0.356. The number of carbonyl (C=O) groups excluding carboxylic acids is 1. The van der Waals surface area contributed by atoms with E-state index in [9.17, 15) is 4.79 Å². The zero-order chi connectivity index (χ0) is 8.41. The molecule has 0 bridgehead atoms. The number of rotatable bonds is 1. The van der Waals surface area contributed by atoms with E-state index in [0.717, 1.165) is 0 Å². The predicted octanol–water partition coefficient (Wildman–Crippen LogP) is 1.55. The number of thiol groups is 1. The van der Waals surface area contributed by atoms with Crippen molar-refractivity contribution in [3.8, 4) is 0 Å². The van der Waals surface area contributed by atoms with Crippen LogP contribution in [0.25, 0.3) is 0 Å². The molecule has 0 aromatic carbocycles. The minimum atomic E-state index is -0.711. The third kappa shape index (κ3) is 26.4. The molecule has 0 rings (SSSR count). The van der Waals surface area contributed by atoms with Gasteiger partial charge in [-0.3, -0.25) is 0 Å². The molecule has 0 unspecified atom stereocenters. The van der Waals surface area contributed by atoms with Gasteiger partial charge in [0, 0.05) is 0 Å². The van der Waals surface area contributed by atoms with Crippen LogP contribution in [0.4, 0.5) is 4.79 Å². The maximum Gasteiger partial charge on any atom is 0.404 e. The van der Waals surface area contributed by atoms with Crippen molar-refractivity contribution in [2.45, 2.75) is 13.8 Å². The van der Waals surface area contributed by atoms with Gasteiger partial charge in [0.1, 0.15) is 0 Å². The van der Waals surface area contributed by atoms with Crippen LogP contribution in [-0.2, 0) is 4.74 Å². The van der Waals surface area contributed by atoms with Gasteiger partial charge in [0.25, 0.3) is 0 Å². The van der Waals surface area contributed by atoms with Crippen molar-refractivity contribution in [2.75, 3.05) is 6.61 Å². The van der Waals surface area contributed by atoms with Gasteiger partial charge in [0.15, 0.2) is 0 Å². The molecule has 0 aliphatic heterocycles. The standard InChI is InChI=1S/C3H7NO2.C3H6S/c1-2-6-3(4)5;1-2-3-4/h2H2,1H3,(H2,4,5);2-4H,1H3. The zero-order valence-electron chi connectivity index (χ0n) is 6.20. The molecule has 0 aromatic rings. The first kappa shape index (κ1) is 12.1. The highest BCUT2D eigenvalue weighted by molar-refractivity contribution is 7.83. The Morgan fingerprint density at radius 3 is 2.20 bits per heavy atom. The van der Waals surface area contributed by atoms with Gasteiger partial charge in [0.05, 0.1) is 6.61 Å². The summed E-state index contributed by atoms with van der Waals surface area (Å²) >= 11 is 3.74. The molecule has 0 fully saturated rings. The van der Waals surface area contributed by atoms with Crippen LogP contribution in [0.3, 0.4) is 0 Å². The van der Waals surface area contributed by atoms with E-state index < -0.39 is 6.09 Å². The highest BCUT2D eigenvalue weighted by Crippen LogP contribution is 1.69. The first-order chi connectivity index (χ1) is 4.68. The normalized spacial score (nSPS) is 8.30. The molecular weight excluding hydrogens is 150 g/mol. The van der Waals surface area contributed by atoms with Crippen LogP contribution in [0.5, 0.6) is 0 Å². The fraction of sp³-hybridized carbons (Fsp3) is 0.500. The Morgan fingerprint density at radius 1 is 1.80 bits per heavy atom. The summed E-state index contributed by atoms with van der Waals surface area (Å²) in [5, 5.41) is 1.69. The van der Waals surface area contributed by atoms with Crippen molar-refractivity contribution in [2.24, 2.45) is 5.73 Å². The van der Waals surface area contributed by atoms with E-state index in [1.807, 2.05) is 13.0 Å². The lowest BCUT2D eigenvalue weighted by molar-refractivity contribution is 0.163. The molecule has 4 heteroatoms. The molecule has 0 saturated carbocycles. The fourth-order valence-corrected chi connectivity index (χ4v) is 0.142. The number of primary amides is 1. The van der Waals surface area contributed by atoms with Crippen LogP contribution in [-0.4, -0.2) is 12.7 Å². The average molecular weight is 163 g/mol. The summed E-state index contributed by atoms with van der Waals surface area (Å²) < 4.78 is 4.18. The molecule has 3 nitrogen and oxygen atoms in total. The molecule has 10 heavy (non-hydrogen) atoms. The van der Waals surface area contributed by atoms with Crippen molar-refractivity contribution in [1.29, 1.82) is 0 Å². The molecule has 60 valence electrons. The molecule has 2 N–H and O–H groups in total. The van der Waals surface area contributed by atoms with Crippen LogP contribution in [0.2, 0.25) is 0 Å². The van der Waals surface area contributed by atoms with Crippen LogP contribution < -0.4 is 5.73 Å². The van der Waals surface area contributed by atoms with Gasteiger partial charge in [-0.2, -0.15) is 12.6 Å². The van der Waals surface area contributed by atoms with Crippen molar-refractivity contribution < 1.29 is 9.53 Å². The van der Waals surface area contributed by atoms with E-state index in [1.165, 1.54) is 0 Å². The minimum Gasteiger partial charge on any atom is -0.450 e. The summed E-state index contributed by atoms with van der Waals surface area (Å²) in [4.78, 5) is 9.60. The lowest BCUT2D eigenvalue weighted by atomic mass is 10.8. The Balaban J connectivity index is 0. The van der Waals surface area contributed by atoms with Gasteiger partial charge in [-0.1, -0.05) is 6.08 Å². The lowest BCUT2D eigenvalue weighted by Gasteiger charge is -1.89. The maximum absolute atomic E-state index is 9.60. The van der Waals surface area contributed by atoms with Gasteiger partial charge in [0.2, 0.25) is 0 Å². The highest BCUT2D eigenvalue weighted by atomic mass is 32.1. The Bertz CT molecular complexity index is 99.9. The number of nitrogens with two attached hydrogens (primary N) is 1. The second-order valence-electron chi connectivity index (χ2n) is 1.23. The Labute approximate surface area is 66.7 Å². The first-order valence-corrected chi connectivity index (χ1v) is 3.38. The summed E-state index contributed by atoms with van der Waals surface area (Å²) in [7, 11) is 0. The largest absolute Gasteiger partial charge is 0.450 e. The zero-order valence-corrected chi connectivity index (χ0v) is 7.10. The van der Waals surface area contributed by atoms with E-state index >= 15 is 0 Å². The number of hydrogen-bond donors (Lipinski definition) is 2. The number of ether oxygens (including phenoxy) is 1. The van der Waals surface area contributed by atoms with Gasteiger partial charge >= 0.3 is 6.09 Å². The lowest BCUT2D eigenvalue weighted by Crippen LogP contribution is -2.11. The van der Waals surface area contributed by atoms with E-state index in [1.54, 1.807) is 12.3 Å². The number of amides is 1. The Morgan fingerprint density at radius 2 is 2.20 bits per heavy atom. The highest BCUT2D eigenvalue weighted by Gasteiger charge is 1.82. The van der Waals surface area contributed by atoms with E-state index in [-0.39, 0.29) is 0 Å². The number of carbonyl (C=O) groups is 1. The summed E-state index contributed by atoms with van der Waals surface area (Å²) in [6.45, 7) is 3.98. The average Bonchev–Trinajstić information content (AvgIpc) is 1.89. The molecule has 0 spiro atoms. The summed E-state index contributed by atoms with van der Waals surface area (Å²) in [6.07, 6.45) is 1.15. The topological polar surface area (TPSA) is 52.3 Å². The van der Waals surface area contributed by atoms with E-state index in [4.69, 9.17) is 0 Å². The van der Waals surface area contributed by atoms with Gasteiger partial charge in [-0.25, -0.2) is 4.79 Å². The second kappa shape index (κ2) is 11.2. The molecule has 0 radical (unpaired) electrons. The molecular formula is C6H13NO2S. The van der Waals surface area contributed by atoms with Crippen molar-refractivity contribution in [3.05, 3.63) is 11.5 Å². The van der Waals surface area contributed by atoms with E-state index in [2.05, 4.69) is 23.1 Å². The molecule has 0 saturated heterocycles. The molecule has 0 aliphatic carbocycles. The second-order valence-corrected chi connectivity index (χ2v) is 1.53. The third-order valence-electron chi connectivity index (χ3n) is 0.436. The summed E-state index contributed by atoms with van der Waals surface area (Å²) in [5.41, 5.74) is 4.54. The molecule has 0 atom stereocenters. The predicted molar refractivity (Wildman–Crippen MR) is 45.0 cm³/mol. The first-order valence-electron chi connectivity index (χ1n) is 2.86. The van der Waals surface area contributed by atoms with Crippen molar-refractivity contribution in [1.82, 2.24) is 0 Å². The van der Waals surface area contributed by atoms with Crippen LogP contribution in [0.15, 0.2) is 11.5 Å². The van der Waals surface area contributed by atoms with E-state index in [0.29, 0.717) is 6.61 Å². The Hall–Kier alpha value is -0.640. The van der Waals surface area contributed by atoms with Crippen molar-refractivity contribution >= 4 is 18.7 Å². The molecule has 0 heterocycles. The quantitative estimate of drug-likeness (QED) is 0.576. The molecule has 0 aliphatic rings. The number of hydrogen-bond acceptors (Lipinski definition) is 3. The SMILES string of the molecule is CC=CS.CCOC(N)=O. The van der Waals surface area contributed by atoms with Gasteiger partial charge in [-0.15, -0.1) is 0 Å². The van der Waals surface area contributed by atoms with Crippen LogP contribution >= 0.6 is 12.6 Å². The smallest absolute Gasteiger partial charge is 0.404 e.